The van der Waals surface area contributed by atoms with Crippen molar-refractivity contribution >= 4 is 0 Å². The summed E-state index contributed by atoms with van der Waals surface area (Å²) in [5.74, 6) is 0. The minimum atomic E-state index is -0.236. The monoisotopic (exact) mass is 184 g/mol. The maximum atomic E-state index is 9.46. The van der Waals surface area contributed by atoms with Crippen molar-refractivity contribution in [1.82, 2.24) is 0 Å². The molecule has 0 spiro atoms. The van der Waals surface area contributed by atoms with Gasteiger partial charge in [-0.25, -0.2) is 0 Å². The second kappa shape index (κ2) is 8.02. The predicted molar refractivity (Wildman–Crippen MR) is 55.5 cm³/mol. The highest BCUT2D eigenvalue weighted by atomic mass is 16.3. The third kappa shape index (κ3) is 7.75. The Balaban J connectivity index is 3.50. The average molecular weight is 184 g/mol. The summed E-state index contributed by atoms with van der Waals surface area (Å²) in [5, 5.41) is 18.1. The Kier molecular flexibility index (Phi) is 7.65. The van der Waals surface area contributed by atoms with E-state index >= 15 is 0 Å². The van der Waals surface area contributed by atoms with Crippen LogP contribution in [-0.2, 0) is 0 Å². The van der Waals surface area contributed by atoms with Gasteiger partial charge in [0.15, 0.2) is 0 Å². The highest BCUT2D eigenvalue weighted by Crippen LogP contribution is 2.10. The minimum absolute atomic E-state index is 0.0919. The summed E-state index contributed by atoms with van der Waals surface area (Å²) in [6.07, 6.45) is 6.65. The topological polar surface area (TPSA) is 40.5 Å². The zero-order valence-corrected chi connectivity index (χ0v) is 8.37. The SMILES string of the molecule is C=CCC[C@H](O)CC/C(C)=C/CO. The summed E-state index contributed by atoms with van der Waals surface area (Å²) in [6.45, 7) is 5.66. The van der Waals surface area contributed by atoms with Crippen molar-refractivity contribution < 1.29 is 10.2 Å². The summed E-state index contributed by atoms with van der Waals surface area (Å²) in [4.78, 5) is 0. The molecule has 0 fully saturated rings. The standard InChI is InChI=1S/C11H20O2/c1-3-4-5-11(13)7-6-10(2)8-9-12/h3,8,11-13H,1,4-7,9H2,2H3/b10-8+/t11-/m0/s1. The number of allylic oxidation sites excluding steroid dienone is 2. The first-order chi connectivity index (χ1) is 6.20. The molecule has 0 rings (SSSR count). The van der Waals surface area contributed by atoms with E-state index in [-0.39, 0.29) is 12.7 Å². The van der Waals surface area contributed by atoms with E-state index in [0.717, 1.165) is 31.3 Å². The molecule has 2 heteroatoms. The maximum Gasteiger partial charge on any atom is 0.0614 e. The highest BCUT2D eigenvalue weighted by Gasteiger charge is 2.02. The molecule has 0 aromatic heterocycles. The van der Waals surface area contributed by atoms with Crippen LogP contribution in [-0.4, -0.2) is 22.9 Å². The van der Waals surface area contributed by atoms with E-state index in [4.69, 9.17) is 5.11 Å². The Bertz CT molecular complexity index is 161. The molecule has 0 aromatic carbocycles. The Morgan fingerprint density at radius 2 is 2.15 bits per heavy atom. The van der Waals surface area contributed by atoms with E-state index in [2.05, 4.69) is 6.58 Å². The van der Waals surface area contributed by atoms with Crippen LogP contribution in [0.5, 0.6) is 0 Å². The van der Waals surface area contributed by atoms with Crippen molar-refractivity contribution in [2.75, 3.05) is 6.61 Å². The molecule has 0 saturated heterocycles. The molecule has 2 nitrogen and oxygen atoms in total. The lowest BCUT2D eigenvalue weighted by Gasteiger charge is -2.08. The van der Waals surface area contributed by atoms with Gasteiger partial charge in [-0.3, -0.25) is 0 Å². The van der Waals surface area contributed by atoms with Crippen LogP contribution in [0.3, 0.4) is 0 Å². The molecular formula is C11H20O2. The van der Waals surface area contributed by atoms with Crippen molar-refractivity contribution in [3.63, 3.8) is 0 Å². The first kappa shape index (κ1) is 12.4. The van der Waals surface area contributed by atoms with Gasteiger partial charge in [-0.05, 0) is 32.6 Å². The molecule has 0 bridgehead atoms. The second-order valence-electron chi connectivity index (χ2n) is 3.29. The van der Waals surface area contributed by atoms with Gasteiger partial charge in [0, 0.05) is 0 Å². The van der Waals surface area contributed by atoms with Crippen molar-refractivity contribution in [3.05, 3.63) is 24.3 Å². The summed E-state index contributed by atoms with van der Waals surface area (Å²) in [5.41, 5.74) is 1.14. The molecule has 0 aromatic rings. The lowest BCUT2D eigenvalue weighted by atomic mass is 10.0. The molecule has 13 heavy (non-hydrogen) atoms. The van der Waals surface area contributed by atoms with Crippen molar-refractivity contribution in [2.24, 2.45) is 0 Å². The maximum absolute atomic E-state index is 9.46. The van der Waals surface area contributed by atoms with Crippen LogP contribution in [0.1, 0.15) is 32.6 Å². The van der Waals surface area contributed by atoms with E-state index in [0.29, 0.717) is 0 Å². The lowest BCUT2D eigenvalue weighted by Crippen LogP contribution is -2.05. The van der Waals surface area contributed by atoms with Crippen LogP contribution in [0.2, 0.25) is 0 Å². The summed E-state index contributed by atoms with van der Waals surface area (Å²) in [6, 6.07) is 0. The van der Waals surface area contributed by atoms with Crippen LogP contribution in [0.25, 0.3) is 0 Å². The first-order valence-electron chi connectivity index (χ1n) is 4.76. The Hall–Kier alpha value is -0.600. The number of aliphatic hydroxyl groups is 2. The van der Waals surface area contributed by atoms with Gasteiger partial charge in [-0.15, -0.1) is 6.58 Å². The van der Waals surface area contributed by atoms with Crippen LogP contribution in [0, 0.1) is 0 Å². The Morgan fingerprint density at radius 1 is 1.46 bits per heavy atom. The van der Waals surface area contributed by atoms with Gasteiger partial charge in [0.1, 0.15) is 0 Å². The molecule has 0 aliphatic heterocycles. The first-order valence-corrected chi connectivity index (χ1v) is 4.76. The molecule has 76 valence electrons. The second-order valence-corrected chi connectivity index (χ2v) is 3.29. The molecule has 1 atom stereocenters. The quantitative estimate of drug-likeness (QED) is 0.594. The molecule has 0 unspecified atom stereocenters. The highest BCUT2D eigenvalue weighted by molar-refractivity contribution is 4.97. The normalized spacial score (nSPS) is 14.2. The van der Waals surface area contributed by atoms with Crippen LogP contribution in [0.15, 0.2) is 24.3 Å². The summed E-state index contributed by atoms with van der Waals surface area (Å²) >= 11 is 0. The fourth-order valence-corrected chi connectivity index (χ4v) is 1.11. The zero-order valence-electron chi connectivity index (χ0n) is 8.37. The van der Waals surface area contributed by atoms with Gasteiger partial charge >= 0.3 is 0 Å². The van der Waals surface area contributed by atoms with E-state index in [1.807, 2.05) is 13.0 Å². The average Bonchev–Trinajstić information content (AvgIpc) is 2.12. The third-order valence-electron chi connectivity index (χ3n) is 2.02. The number of hydrogen-bond acceptors (Lipinski definition) is 2. The molecule has 2 N–H and O–H groups in total. The lowest BCUT2D eigenvalue weighted by molar-refractivity contribution is 0.156. The number of hydrogen-bond donors (Lipinski definition) is 2. The molecular weight excluding hydrogens is 164 g/mol. The van der Waals surface area contributed by atoms with E-state index in [1.165, 1.54) is 0 Å². The van der Waals surface area contributed by atoms with E-state index in [1.54, 1.807) is 6.08 Å². The van der Waals surface area contributed by atoms with Crippen LogP contribution >= 0.6 is 0 Å². The van der Waals surface area contributed by atoms with Gasteiger partial charge in [0.05, 0.1) is 12.7 Å². The van der Waals surface area contributed by atoms with Gasteiger partial charge in [-0.2, -0.15) is 0 Å². The Labute approximate surface area is 80.6 Å². The van der Waals surface area contributed by atoms with Crippen LogP contribution in [0.4, 0.5) is 0 Å². The largest absolute Gasteiger partial charge is 0.393 e. The summed E-state index contributed by atoms with van der Waals surface area (Å²) < 4.78 is 0. The fraction of sp³-hybridized carbons (Fsp3) is 0.636. The number of rotatable bonds is 7. The van der Waals surface area contributed by atoms with Crippen molar-refractivity contribution in [1.29, 1.82) is 0 Å². The van der Waals surface area contributed by atoms with E-state index < -0.39 is 0 Å². The van der Waals surface area contributed by atoms with E-state index in [9.17, 15) is 5.11 Å². The minimum Gasteiger partial charge on any atom is -0.393 e. The van der Waals surface area contributed by atoms with Crippen molar-refractivity contribution in [2.45, 2.75) is 38.7 Å². The van der Waals surface area contributed by atoms with Crippen molar-refractivity contribution in [3.8, 4) is 0 Å². The fourth-order valence-electron chi connectivity index (χ4n) is 1.11. The molecule has 0 saturated carbocycles. The smallest absolute Gasteiger partial charge is 0.0614 e. The zero-order chi connectivity index (χ0) is 10.1. The molecule has 0 aliphatic carbocycles. The predicted octanol–water partition coefficient (Wildman–Crippen LogP) is 2.03. The van der Waals surface area contributed by atoms with Gasteiger partial charge in [0.25, 0.3) is 0 Å². The summed E-state index contributed by atoms with van der Waals surface area (Å²) in [7, 11) is 0. The van der Waals surface area contributed by atoms with Gasteiger partial charge in [0.2, 0.25) is 0 Å². The molecule has 0 amide bonds. The van der Waals surface area contributed by atoms with Crippen LogP contribution < -0.4 is 0 Å². The van der Waals surface area contributed by atoms with Gasteiger partial charge in [-0.1, -0.05) is 17.7 Å². The Morgan fingerprint density at radius 3 is 2.69 bits per heavy atom. The third-order valence-corrected chi connectivity index (χ3v) is 2.02. The molecule has 0 heterocycles. The molecule has 0 aliphatic rings. The van der Waals surface area contributed by atoms with Gasteiger partial charge < -0.3 is 10.2 Å². The number of aliphatic hydroxyl groups excluding tert-OH is 2. The molecule has 0 radical (unpaired) electrons.